The summed E-state index contributed by atoms with van der Waals surface area (Å²) in [6, 6.07) is 5.78. The van der Waals surface area contributed by atoms with Gasteiger partial charge in [-0.2, -0.15) is 11.3 Å². The zero-order valence-corrected chi connectivity index (χ0v) is 14.2. The van der Waals surface area contributed by atoms with Gasteiger partial charge in [0.05, 0.1) is 5.69 Å². The molecule has 0 aromatic carbocycles. The average Bonchev–Trinajstić information content (AvgIpc) is 3.05. The second-order valence-corrected chi connectivity index (χ2v) is 7.40. The number of aromatic nitrogens is 4. The molecule has 1 aliphatic carbocycles. The fraction of sp³-hybridized carbons (Fsp3) is 0.294. The molecule has 1 fully saturated rings. The Morgan fingerprint density at radius 1 is 1.42 bits per heavy atom. The van der Waals surface area contributed by atoms with E-state index < -0.39 is 0 Å². The molecule has 1 atom stereocenters. The topological polar surface area (TPSA) is 74.8 Å². The fourth-order valence-electron chi connectivity index (χ4n) is 3.01. The number of aromatic amines is 1. The Morgan fingerprint density at radius 3 is 2.88 bits per heavy atom. The average molecular weight is 339 g/mol. The molecule has 1 amide bonds. The SMILES string of the molecule is CC1(C)CC1c1cccnc1C(=O)N(c1ccsc1)c1nnc[nH]1. The van der Waals surface area contributed by atoms with Crippen molar-refractivity contribution in [2.45, 2.75) is 26.2 Å². The van der Waals surface area contributed by atoms with Crippen LogP contribution in [0.2, 0.25) is 0 Å². The first-order valence-electron chi connectivity index (χ1n) is 7.75. The number of hydrogen-bond donors (Lipinski definition) is 1. The van der Waals surface area contributed by atoms with Crippen LogP contribution in [0.4, 0.5) is 11.6 Å². The van der Waals surface area contributed by atoms with Gasteiger partial charge in [-0.1, -0.05) is 19.9 Å². The summed E-state index contributed by atoms with van der Waals surface area (Å²) in [6.07, 6.45) is 4.20. The van der Waals surface area contributed by atoms with Crippen molar-refractivity contribution >= 4 is 28.9 Å². The molecule has 1 aliphatic rings. The van der Waals surface area contributed by atoms with Crippen molar-refractivity contribution in [1.82, 2.24) is 20.2 Å². The van der Waals surface area contributed by atoms with Crippen LogP contribution in [0, 0.1) is 5.41 Å². The lowest BCUT2D eigenvalue weighted by molar-refractivity contribution is 0.0992. The smallest absolute Gasteiger partial charge is 0.284 e. The maximum absolute atomic E-state index is 13.3. The summed E-state index contributed by atoms with van der Waals surface area (Å²) >= 11 is 1.52. The molecular formula is C17H17N5OS. The summed E-state index contributed by atoms with van der Waals surface area (Å²) in [4.78, 5) is 22.1. The molecule has 0 radical (unpaired) electrons. The minimum atomic E-state index is -0.191. The standard InChI is InChI=1S/C17H17N5OS/c1-17(2)8-13(17)12-4-3-6-18-14(12)15(23)22(11-5-7-24-9-11)16-19-10-20-21-16/h3-7,9-10,13H,8H2,1-2H3,(H,19,20,21). The Kier molecular flexibility index (Phi) is 3.45. The van der Waals surface area contributed by atoms with Crippen LogP contribution < -0.4 is 4.90 Å². The molecule has 0 aliphatic heterocycles. The monoisotopic (exact) mass is 339 g/mol. The number of rotatable bonds is 4. The van der Waals surface area contributed by atoms with E-state index in [1.807, 2.05) is 29.0 Å². The van der Waals surface area contributed by atoms with E-state index in [0.29, 0.717) is 17.6 Å². The largest absolute Gasteiger partial charge is 0.313 e. The third-order valence-corrected chi connectivity index (χ3v) is 5.18. The number of nitrogens with one attached hydrogen (secondary N) is 1. The number of thiophene rings is 1. The van der Waals surface area contributed by atoms with Crippen LogP contribution in [0.5, 0.6) is 0 Å². The Hall–Kier alpha value is -2.54. The summed E-state index contributed by atoms with van der Waals surface area (Å²) in [6.45, 7) is 4.43. The van der Waals surface area contributed by atoms with Crippen molar-refractivity contribution < 1.29 is 4.79 Å². The Labute approximate surface area is 143 Å². The van der Waals surface area contributed by atoms with Crippen LogP contribution in [0.15, 0.2) is 41.5 Å². The summed E-state index contributed by atoms with van der Waals surface area (Å²) in [5, 5.41) is 11.7. The lowest BCUT2D eigenvalue weighted by Gasteiger charge is -2.19. The van der Waals surface area contributed by atoms with Gasteiger partial charge < -0.3 is 4.98 Å². The van der Waals surface area contributed by atoms with Gasteiger partial charge in [-0.15, -0.1) is 10.2 Å². The number of nitrogens with zero attached hydrogens (tertiary/aromatic N) is 4. The van der Waals surface area contributed by atoms with Gasteiger partial charge in [0.15, 0.2) is 0 Å². The first kappa shape index (κ1) is 15.0. The number of amides is 1. The molecule has 6 nitrogen and oxygen atoms in total. The molecule has 0 bridgehead atoms. The number of carbonyl (C=O) groups excluding carboxylic acids is 1. The van der Waals surface area contributed by atoms with E-state index in [1.165, 1.54) is 22.6 Å². The van der Waals surface area contributed by atoms with Crippen molar-refractivity contribution in [1.29, 1.82) is 0 Å². The lowest BCUT2D eigenvalue weighted by atomic mass is 10.0. The van der Waals surface area contributed by atoms with Gasteiger partial charge in [-0.05, 0) is 40.8 Å². The van der Waals surface area contributed by atoms with Crippen molar-refractivity contribution in [3.8, 4) is 0 Å². The van der Waals surface area contributed by atoms with E-state index in [0.717, 1.165) is 17.7 Å². The lowest BCUT2D eigenvalue weighted by Crippen LogP contribution is -2.28. The molecule has 1 saturated carbocycles. The van der Waals surface area contributed by atoms with Gasteiger partial charge in [0.1, 0.15) is 12.0 Å². The van der Waals surface area contributed by atoms with Crippen LogP contribution in [0.1, 0.15) is 42.2 Å². The zero-order chi connectivity index (χ0) is 16.7. The van der Waals surface area contributed by atoms with E-state index in [9.17, 15) is 4.79 Å². The first-order valence-corrected chi connectivity index (χ1v) is 8.70. The van der Waals surface area contributed by atoms with Crippen molar-refractivity contribution in [3.63, 3.8) is 0 Å². The summed E-state index contributed by atoms with van der Waals surface area (Å²) in [5.74, 6) is 0.567. The molecule has 24 heavy (non-hydrogen) atoms. The minimum absolute atomic E-state index is 0.191. The van der Waals surface area contributed by atoms with Gasteiger partial charge >= 0.3 is 0 Å². The second-order valence-electron chi connectivity index (χ2n) is 6.62. The Morgan fingerprint density at radius 2 is 2.25 bits per heavy atom. The predicted octanol–water partition coefficient (Wildman–Crippen LogP) is 3.75. The highest BCUT2D eigenvalue weighted by Crippen LogP contribution is 2.59. The number of carbonyl (C=O) groups is 1. The predicted molar refractivity (Wildman–Crippen MR) is 92.5 cm³/mol. The number of anilines is 2. The van der Waals surface area contributed by atoms with E-state index in [2.05, 4.69) is 34.0 Å². The number of pyridine rings is 1. The fourth-order valence-corrected chi connectivity index (χ4v) is 3.63. The van der Waals surface area contributed by atoms with Crippen LogP contribution >= 0.6 is 11.3 Å². The van der Waals surface area contributed by atoms with Gasteiger partial charge in [0, 0.05) is 11.6 Å². The first-order chi connectivity index (χ1) is 11.6. The number of hydrogen-bond acceptors (Lipinski definition) is 5. The van der Waals surface area contributed by atoms with Crippen LogP contribution in [0.3, 0.4) is 0 Å². The molecule has 122 valence electrons. The van der Waals surface area contributed by atoms with Crippen LogP contribution in [-0.4, -0.2) is 26.1 Å². The van der Waals surface area contributed by atoms with E-state index in [-0.39, 0.29) is 11.3 Å². The van der Waals surface area contributed by atoms with Crippen molar-refractivity contribution in [3.05, 3.63) is 52.7 Å². The van der Waals surface area contributed by atoms with Crippen molar-refractivity contribution in [2.75, 3.05) is 4.90 Å². The highest BCUT2D eigenvalue weighted by Gasteiger charge is 2.48. The quantitative estimate of drug-likeness (QED) is 0.785. The Balaban J connectivity index is 1.77. The molecule has 0 saturated heterocycles. The maximum atomic E-state index is 13.3. The molecular weight excluding hydrogens is 322 g/mol. The minimum Gasteiger partial charge on any atom is -0.313 e. The summed E-state index contributed by atoms with van der Waals surface area (Å²) in [7, 11) is 0. The molecule has 3 heterocycles. The molecule has 4 rings (SSSR count). The third kappa shape index (κ3) is 2.50. The van der Waals surface area contributed by atoms with E-state index in [1.54, 1.807) is 6.20 Å². The highest BCUT2D eigenvalue weighted by atomic mass is 32.1. The molecule has 3 aromatic rings. The van der Waals surface area contributed by atoms with Crippen LogP contribution in [0.25, 0.3) is 0 Å². The maximum Gasteiger partial charge on any atom is 0.284 e. The zero-order valence-electron chi connectivity index (χ0n) is 13.4. The Bertz CT molecular complexity index is 823. The normalized spacial score (nSPS) is 18.3. The van der Waals surface area contributed by atoms with Gasteiger partial charge in [-0.25, -0.2) is 4.90 Å². The molecule has 1 unspecified atom stereocenters. The third-order valence-electron chi connectivity index (χ3n) is 4.51. The molecule has 1 N–H and O–H groups in total. The van der Waals surface area contributed by atoms with Crippen molar-refractivity contribution in [2.24, 2.45) is 5.41 Å². The number of H-pyrrole nitrogens is 1. The second kappa shape index (κ2) is 5.52. The van der Waals surface area contributed by atoms with E-state index >= 15 is 0 Å². The van der Waals surface area contributed by atoms with Crippen LogP contribution in [-0.2, 0) is 0 Å². The molecule has 7 heteroatoms. The van der Waals surface area contributed by atoms with E-state index in [4.69, 9.17) is 0 Å². The van der Waals surface area contributed by atoms with Gasteiger partial charge in [0.2, 0.25) is 5.95 Å². The molecule has 0 spiro atoms. The molecule has 3 aromatic heterocycles. The van der Waals surface area contributed by atoms with Gasteiger partial charge in [0.25, 0.3) is 5.91 Å². The highest BCUT2D eigenvalue weighted by molar-refractivity contribution is 7.08. The summed E-state index contributed by atoms with van der Waals surface area (Å²) in [5.41, 5.74) is 2.47. The summed E-state index contributed by atoms with van der Waals surface area (Å²) < 4.78 is 0. The van der Waals surface area contributed by atoms with Gasteiger partial charge in [-0.3, -0.25) is 9.78 Å².